The van der Waals surface area contributed by atoms with Gasteiger partial charge in [-0.25, -0.2) is 0 Å². The quantitative estimate of drug-likeness (QED) is 0.269. The average Bonchev–Trinajstić information content (AvgIpc) is 2.26. The topological polar surface area (TPSA) is 122 Å². The van der Waals surface area contributed by atoms with Crippen LogP contribution in [0.2, 0.25) is 0 Å². The highest BCUT2D eigenvalue weighted by atomic mass is 16.6. The number of nitrogens with zero attached hydrogens (tertiary/aromatic N) is 2. The molecule has 0 amide bonds. The van der Waals surface area contributed by atoms with Crippen LogP contribution in [0.3, 0.4) is 0 Å². The van der Waals surface area contributed by atoms with Gasteiger partial charge >= 0.3 is 5.96 Å². The molecule has 0 radical (unpaired) electrons. The van der Waals surface area contributed by atoms with Crippen molar-refractivity contribution < 1.29 is 10.0 Å². The summed E-state index contributed by atoms with van der Waals surface area (Å²) >= 11 is 0. The van der Waals surface area contributed by atoms with Gasteiger partial charge in [0.05, 0.1) is 10.6 Å². The van der Waals surface area contributed by atoms with E-state index in [1.165, 1.54) is 6.07 Å². The van der Waals surface area contributed by atoms with Crippen LogP contribution in [0, 0.1) is 17.0 Å². The molecule has 7 heteroatoms. The summed E-state index contributed by atoms with van der Waals surface area (Å²) < 4.78 is 0. The molecule has 1 aromatic carbocycles. The van der Waals surface area contributed by atoms with E-state index in [0.29, 0.717) is 16.8 Å². The lowest BCUT2D eigenvalue weighted by molar-refractivity contribution is -0.464. The Morgan fingerprint density at radius 1 is 1.47 bits per heavy atom. The third-order valence-electron chi connectivity index (χ3n) is 2.18. The number of benzene rings is 1. The number of rotatable bonds is 3. The second kappa shape index (κ2) is 5.06. The molecule has 5 N–H and O–H groups in total. The maximum atomic E-state index is 10.8. The van der Waals surface area contributed by atoms with E-state index in [-0.39, 0.29) is 11.6 Å². The molecule has 90 valence electrons. The highest BCUT2D eigenvalue weighted by Gasteiger charge is 2.12. The molecule has 0 aliphatic heterocycles. The number of nitro groups is 1. The van der Waals surface area contributed by atoms with Crippen LogP contribution >= 0.6 is 0 Å². The predicted molar refractivity (Wildman–Crippen MR) is 64.4 cm³/mol. The summed E-state index contributed by atoms with van der Waals surface area (Å²) in [4.78, 5) is 10.3. The van der Waals surface area contributed by atoms with Gasteiger partial charge in [-0.1, -0.05) is 12.1 Å². The van der Waals surface area contributed by atoms with Gasteiger partial charge < -0.3 is 0 Å². The lowest BCUT2D eigenvalue weighted by Crippen LogP contribution is -2.72. The summed E-state index contributed by atoms with van der Waals surface area (Å²) in [6.45, 7) is 3.38. The van der Waals surface area contributed by atoms with Crippen molar-refractivity contribution in [2.24, 2.45) is 16.6 Å². The van der Waals surface area contributed by atoms with Gasteiger partial charge in [0.25, 0.3) is 5.69 Å². The molecule has 0 saturated heterocycles. The zero-order valence-electron chi connectivity index (χ0n) is 9.60. The van der Waals surface area contributed by atoms with Crippen LogP contribution in [0.15, 0.2) is 23.3 Å². The van der Waals surface area contributed by atoms with Crippen LogP contribution in [0.4, 0.5) is 5.69 Å². The zero-order valence-corrected chi connectivity index (χ0v) is 9.60. The van der Waals surface area contributed by atoms with Crippen LogP contribution in [0.5, 0.6) is 0 Å². The Labute approximate surface area is 98.0 Å². The normalized spacial score (nSPS) is 11.1. The van der Waals surface area contributed by atoms with E-state index < -0.39 is 4.92 Å². The van der Waals surface area contributed by atoms with Gasteiger partial charge in [0, 0.05) is 17.2 Å². The molecule has 0 saturated carbocycles. The number of hydrazone groups is 1. The van der Waals surface area contributed by atoms with E-state index in [9.17, 15) is 10.1 Å². The smallest absolute Gasteiger partial charge is 0.289 e. The van der Waals surface area contributed by atoms with Crippen LogP contribution in [0.1, 0.15) is 18.1 Å². The molecule has 0 spiro atoms. The van der Waals surface area contributed by atoms with E-state index in [1.807, 2.05) is 0 Å². The summed E-state index contributed by atoms with van der Waals surface area (Å²) in [7, 11) is 0. The molecular formula is C10H14N5O2+. The van der Waals surface area contributed by atoms with E-state index in [2.05, 4.69) is 10.2 Å². The van der Waals surface area contributed by atoms with Crippen molar-refractivity contribution in [3.05, 3.63) is 39.4 Å². The maximum Gasteiger partial charge on any atom is 0.362 e. The maximum absolute atomic E-state index is 10.8. The van der Waals surface area contributed by atoms with Gasteiger partial charge in [-0.15, -0.1) is 5.10 Å². The molecule has 1 aromatic rings. The SMILES string of the molecule is C/C(=N/[NH+]=C(N)N)c1ccc(C)c([N+](=O)[O-])c1. The fourth-order valence-electron chi connectivity index (χ4n) is 1.24. The molecular weight excluding hydrogens is 222 g/mol. The molecule has 1 rings (SSSR count). The minimum absolute atomic E-state index is 0.0361. The standard InChI is InChI=1S/C10H13N5O2/c1-6-3-4-8(5-9(6)15(16)17)7(2)13-14-10(11)12/h3-5H,1-2H3,(H4,11,12,14)/p+1/b13-7-. The second-order valence-corrected chi connectivity index (χ2v) is 3.52. The molecule has 0 atom stereocenters. The first-order valence-electron chi connectivity index (χ1n) is 4.85. The van der Waals surface area contributed by atoms with Crippen molar-refractivity contribution in [3.63, 3.8) is 0 Å². The lowest BCUT2D eigenvalue weighted by Gasteiger charge is -2.01. The Kier molecular flexibility index (Phi) is 3.76. The summed E-state index contributed by atoms with van der Waals surface area (Å²) in [5.41, 5.74) is 12.2. The first-order valence-corrected chi connectivity index (χ1v) is 4.85. The van der Waals surface area contributed by atoms with Gasteiger partial charge in [0.1, 0.15) is 0 Å². The Bertz CT molecular complexity index is 503. The molecule has 0 bridgehead atoms. The first-order chi connectivity index (χ1) is 7.91. The number of guanidine groups is 1. The largest absolute Gasteiger partial charge is 0.362 e. The Morgan fingerprint density at radius 3 is 2.65 bits per heavy atom. The molecule has 0 aliphatic rings. The Morgan fingerprint density at radius 2 is 2.12 bits per heavy atom. The predicted octanol–water partition coefficient (Wildman–Crippen LogP) is -1.02. The number of aryl methyl sites for hydroxylation is 1. The molecule has 0 aromatic heterocycles. The third-order valence-corrected chi connectivity index (χ3v) is 2.18. The van der Waals surface area contributed by atoms with Crippen molar-refractivity contribution in [1.29, 1.82) is 0 Å². The van der Waals surface area contributed by atoms with Crippen molar-refractivity contribution in [2.45, 2.75) is 13.8 Å². The number of nitro benzene ring substituents is 1. The summed E-state index contributed by atoms with van der Waals surface area (Å²) in [5, 5.41) is 17.0. The van der Waals surface area contributed by atoms with Crippen molar-refractivity contribution in [3.8, 4) is 0 Å². The highest BCUT2D eigenvalue weighted by Crippen LogP contribution is 2.19. The van der Waals surface area contributed by atoms with Crippen molar-refractivity contribution in [2.75, 3.05) is 0 Å². The van der Waals surface area contributed by atoms with Crippen LogP contribution in [0.25, 0.3) is 0 Å². The summed E-state index contributed by atoms with van der Waals surface area (Å²) in [5.74, 6) is -0.0361. The molecule has 0 heterocycles. The zero-order chi connectivity index (χ0) is 13.0. The first kappa shape index (κ1) is 12.6. The van der Waals surface area contributed by atoms with Crippen LogP contribution in [-0.2, 0) is 0 Å². The van der Waals surface area contributed by atoms with Gasteiger partial charge in [-0.2, -0.15) is 5.10 Å². The number of hydrogen-bond donors (Lipinski definition) is 3. The van der Waals surface area contributed by atoms with E-state index in [4.69, 9.17) is 11.5 Å². The molecule has 7 nitrogen and oxygen atoms in total. The van der Waals surface area contributed by atoms with Gasteiger partial charge in [-0.05, 0) is 13.8 Å². The second-order valence-electron chi connectivity index (χ2n) is 3.52. The van der Waals surface area contributed by atoms with E-state index >= 15 is 0 Å². The van der Waals surface area contributed by atoms with Crippen LogP contribution in [-0.4, -0.2) is 16.6 Å². The van der Waals surface area contributed by atoms with Gasteiger partial charge in [-0.3, -0.25) is 21.6 Å². The molecule has 0 fully saturated rings. The number of nitrogens with one attached hydrogen (secondary N) is 1. The van der Waals surface area contributed by atoms with E-state index in [0.717, 1.165) is 0 Å². The number of hydrogen-bond acceptors (Lipinski definition) is 3. The fraction of sp³-hybridized carbons (Fsp3) is 0.200. The average molecular weight is 236 g/mol. The number of nitrogens with two attached hydrogens (primary N) is 2. The molecule has 0 unspecified atom stereocenters. The van der Waals surface area contributed by atoms with Crippen molar-refractivity contribution in [1.82, 2.24) is 0 Å². The Hall–Kier alpha value is -2.44. The molecule has 17 heavy (non-hydrogen) atoms. The van der Waals surface area contributed by atoms with Crippen LogP contribution < -0.4 is 16.6 Å². The Balaban J connectivity index is 3.16. The third kappa shape index (κ3) is 3.26. The minimum atomic E-state index is -0.428. The van der Waals surface area contributed by atoms with E-state index in [1.54, 1.807) is 26.0 Å². The monoisotopic (exact) mass is 236 g/mol. The minimum Gasteiger partial charge on any atom is -0.289 e. The fourth-order valence-corrected chi connectivity index (χ4v) is 1.24. The van der Waals surface area contributed by atoms with Gasteiger partial charge in [0.15, 0.2) is 0 Å². The summed E-state index contributed by atoms with van der Waals surface area (Å²) in [6, 6.07) is 4.88. The lowest BCUT2D eigenvalue weighted by atomic mass is 10.1. The highest BCUT2D eigenvalue weighted by molar-refractivity contribution is 5.98. The summed E-state index contributed by atoms with van der Waals surface area (Å²) in [6.07, 6.45) is 0. The molecule has 0 aliphatic carbocycles. The van der Waals surface area contributed by atoms with Crippen molar-refractivity contribution >= 4 is 17.4 Å². The van der Waals surface area contributed by atoms with Gasteiger partial charge in [0.2, 0.25) is 0 Å².